The van der Waals surface area contributed by atoms with E-state index in [9.17, 15) is 23.1 Å². The van der Waals surface area contributed by atoms with Crippen molar-refractivity contribution in [2.75, 3.05) is 6.54 Å². The molecule has 6 nitrogen and oxygen atoms in total. The molecule has 1 aromatic carbocycles. The number of benzene rings is 1. The van der Waals surface area contributed by atoms with Crippen LogP contribution in [-0.4, -0.2) is 48.1 Å². The first-order chi connectivity index (χ1) is 11.2. The molecule has 1 aliphatic heterocycles. The number of nitrogens with zero attached hydrogens (tertiary/aromatic N) is 1. The number of hydrogen-bond donors (Lipinski definition) is 1. The van der Waals surface area contributed by atoms with Gasteiger partial charge >= 0.3 is 5.97 Å². The van der Waals surface area contributed by atoms with Gasteiger partial charge in [-0.1, -0.05) is 30.7 Å². The summed E-state index contributed by atoms with van der Waals surface area (Å²) >= 11 is 5.99. The summed E-state index contributed by atoms with van der Waals surface area (Å²) < 4.78 is 25.7. The van der Waals surface area contributed by atoms with E-state index in [0.29, 0.717) is 12.8 Å². The minimum absolute atomic E-state index is 0.0206. The zero-order chi connectivity index (χ0) is 17.7. The SMILES string of the molecule is CC1(C(=O)N2CC(S(=O)(=O)c3ccccc3Cl)CC2C(=O)O)CC1. The molecule has 8 heteroatoms. The average Bonchev–Trinajstić information content (AvgIpc) is 3.11. The van der Waals surface area contributed by atoms with E-state index in [1.54, 1.807) is 19.1 Å². The summed E-state index contributed by atoms with van der Waals surface area (Å²) in [7, 11) is -3.82. The highest BCUT2D eigenvalue weighted by Gasteiger charge is 2.53. The van der Waals surface area contributed by atoms with Crippen LogP contribution in [0, 0.1) is 5.41 Å². The largest absolute Gasteiger partial charge is 0.480 e. The van der Waals surface area contributed by atoms with E-state index in [0.717, 1.165) is 0 Å². The van der Waals surface area contributed by atoms with Crippen molar-refractivity contribution in [3.63, 3.8) is 0 Å². The molecule has 3 rings (SSSR count). The molecule has 130 valence electrons. The van der Waals surface area contributed by atoms with Crippen molar-refractivity contribution < 1.29 is 23.1 Å². The predicted molar refractivity (Wildman–Crippen MR) is 87.5 cm³/mol. The maximum atomic E-state index is 12.8. The van der Waals surface area contributed by atoms with Crippen LogP contribution in [0.5, 0.6) is 0 Å². The molecule has 0 aromatic heterocycles. The Morgan fingerprint density at radius 2 is 1.92 bits per heavy atom. The number of carboxylic acids is 1. The maximum Gasteiger partial charge on any atom is 0.326 e. The van der Waals surface area contributed by atoms with E-state index in [1.165, 1.54) is 17.0 Å². The van der Waals surface area contributed by atoms with Crippen LogP contribution in [0.15, 0.2) is 29.2 Å². The Labute approximate surface area is 145 Å². The number of sulfone groups is 1. The number of carbonyl (C=O) groups is 2. The topological polar surface area (TPSA) is 91.8 Å². The number of rotatable bonds is 4. The van der Waals surface area contributed by atoms with Crippen LogP contribution in [0.25, 0.3) is 0 Å². The number of aliphatic carboxylic acids is 1. The highest BCUT2D eigenvalue weighted by atomic mass is 35.5. The molecule has 0 spiro atoms. The van der Waals surface area contributed by atoms with Gasteiger partial charge in [0, 0.05) is 12.0 Å². The molecule has 2 fully saturated rings. The quantitative estimate of drug-likeness (QED) is 0.873. The molecule has 2 atom stereocenters. The van der Waals surface area contributed by atoms with E-state index in [4.69, 9.17) is 11.6 Å². The molecule has 1 aliphatic carbocycles. The highest BCUT2D eigenvalue weighted by molar-refractivity contribution is 7.92. The van der Waals surface area contributed by atoms with Gasteiger partial charge in [0.15, 0.2) is 9.84 Å². The summed E-state index contributed by atoms with van der Waals surface area (Å²) in [5.41, 5.74) is -0.545. The van der Waals surface area contributed by atoms with Gasteiger partial charge in [-0.05, 0) is 31.4 Å². The van der Waals surface area contributed by atoms with Crippen molar-refractivity contribution in [1.29, 1.82) is 0 Å². The van der Waals surface area contributed by atoms with Crippen LogP contribution >= 0.6 is 11.6 Å². The lowest BCUT2D eigenvalue weighted by Gasteiger charge is -2.24. The van der Waals surface area contributed by atoms with Crippen LogP contribution in [0.2, 0.25) is 5.02 Å². The Bertz CT molecular complexity index is 802. The summed E-state index contributed by atoms with van der Waals surface area (Å²) in [5, 5.41) is 8.55. The maximum absolute atomic E-state index is 12.8. The molecular formula is C16H18ClNO5S. The number of hydrogen-bond acceptors (Lipinski definition) is 4. The zero-order valence-corrected chi connectivity index (χ0v) is 14.7. The molecular weight excluding hydrogens is 354 g/mol. The van der Waals surface area contributed by atoms with Gasteiger partial charge in [0.2, 0.25) is 5.91 Å². The van der Waals surface area contributed by atoms with Gasteiger partial charge in [0.1, 0.15) is 6.04 Å². The molecule has 2 aliphatic rings. The van der Waals surface area contributed by atoms with Gasteiger partial charge in [-0.25, -0.2) is 13.2 Å². The third-order valence-corrected chi connectivity index (χ3v) is 7.54. The van der Waals surface area contributed by atoms with Crippen molar-refractivity contribution in [2.45, 2.75) is 42.4 Å². The second-order valence-electron chi connectivity index (χ2n) is 6.71. The molecule has 1 N–H and O–H groups in total. The van der Waals surface area contributed by atoms with Crippen molar-refractivity contribution >= 4 is 33.3 Å². The van der Waals surface area contributed by atoms with Crippen LogP contribution < -0.4 is 0 Å². The van der Waals surface area contributed by atoms with Gasteiger partial charge in [-0.2, -0.15) is 0 Å². The lowest BCUT2D eigenvalue weighted by Crippen LogP contribution is -2.44. The number of carbonyl (C=O) groups excluding carboxylic acids is 1. The minimum atomic E-state index is -3.82. The molecule has 24 heavy (non-hydrogen) atoms. The average molecular weight is 372 g/mol. The Kier molecular flexibility index (Phi) is 4.12. The molecule has 0 bridgehead atoms. The summed E-state index contributed by atoms with van der Waals surface area (Å²) in [4.78, 5) is 25.3. The van der Waals surface area contributed by atoms with E-state index in [2.05, 4.69) is 0 Å². The first-order valence-electron chi connectivity index (χ1n) is 7.69. The first-order valence-corrected chi connectivity index (χ1v) is 9.61. The molecule has 1 aromatic rings. The number of amides is 1. The second kappa shape index (κ2) is 5.74. The summed E-state index contributed by atoms with van der Waals surface area (Å²) in [6.45, 7) is 1.67. The molecule has 2 unspecified atom stereocenters. The van der Waals surface area contributed by atoms with E-state index in [1.807, 2.05) is 0 Å². The summed E-state index contributed by atoms with van der Waals surface area (Å²) in [5.74, 6) is -1.45. The van der Waals surface area contributed by atoms with E-state index >= 15 is 0 Å². The van der Waals surface area contributed by atoms with E-state index < -0.39 is 32.5 Å². The monoisotopic (exact) mass is 371 g/mol. The van der Waals surface area contributed by atoms with Crippen molar-refractivity contribution in [3.05, 3.63) is 29.3 Å². The Balaban J connectivity index is 1.92. The van der Waals surface area contributed by atoms with Crippen molar-refractivity contribution in [1.82, 2.24) is 4.90 Å². The van der Waals surface area contributed by atoms with E-state index in [-0.39, 0.29) is 28.8 Å². The Morgan fingerprint density at radius 1 is 1.29 bits per heavy atom. The van der Waals surface area contributed by atoms with Crippen LogP contribution in [0.4, 0.5) is 0 Å². The third kappa shape index (κ3) is 2.80. The Morgan fingerprint density at radius 3 is 2.46 bits per heavy atom. The molecule has 1 heterocycles. The van der Waals surface area contributed by atoms with Gasteiger partial charge in [-0.15, -0.1) is 0 Å². The first kappa shape index (κ1) is 17.2. The standard InChI is InChI=1S/C16H18ClNO5S/c1-16(6-7-16)15(21)18-9-10(8-12(18)14(19)20)24(22,23)13-5-3-2-4-11(13)17/h2-5,10,12H,6-9H2,1H3,(H,19,20). The molecule has 1 saturated heterocycles. The predicted octanol–water partition coefficient (Wildman–Crippen LogP) is 1.97. The van der Waals surface area contributed by atoms with Gasteiger partial charge in [-0.3, -0.25) is 4.79 Å². The molecule has 1 amide bonds. The number of likely N-dealkylation sites (tertiary alicyclic amines) is 1. The highest BCUT2D eigenvalue weighted by Crippen LogP contribution is 2.48. The minimum Gasteiger partial charge on any atom is -0.480 e. The zero-order valence-electron chi connectivity index (χ0n) is 13.1. The molecule has 1 saturated carbocycles. The van der Waals surface area contributed by atoms with Crippen LogP contribution in [0.1, 0.15) is 26.2 Å². The van der Waals surface area contributed by atoms with Crippen LogP contribution in [0.3, 0.4) is 0 Å². The fraction of sp³-hybridized carbons (Fsp3) is 0.500. The smallest absolute Gasteiger partial charge is 0.326 e. The molecule has 0 radical (unpaired) electrons. The third-order valence-electron chi connectivity index (χ3n) is 4.91. The number of halogens is 1. The van der Waals surface area contributed by atoms with Gasteiger partial charge in [0.05, 0.1) is 15.2 Å². The lowest BCUT2D eigenvalue weighted by atomic mass is 10.1. The summed E-state index contributed by atoms with van der Waals surface area (Å²) in [6.07, 6.45) is 1.29. The number of carboxylic acid groups (broad SMARTS) is 1. The Hall–Kier alpha value is -1.60. The second-order valence-corrected chi connectivity index (χ2v) is 9.31. The summed E-state index contributed by atoms with van der Waals surface area (Å²) in [6, 6.07) is 4.96. The fourth-order valence-electron chi connectivity index (χ4n) is 3.08. The van der Waals surface area contributed by atoms with Crippen molar-refractivity contribution in [2.24, 2.45) is 5.41 Å². The normalized spacial score (nSPS) is 25.5. The fourth-order valence-corrected chi connectivity index (χ4v) is 5.30. The van der Waals surface area contributed by atoms with Crippen molar-refractivity contribution in [3.8, 4) is 0 Å². The van der Waals surface area contributed by atoms with Gasteiger partial charge < -0.3 is 10.0 Å². The lowest BCUT2D eigenvalue weighted by molar-refractivity contribution is -0.150. The van der Waals surface area contributed by atoms with Gasteiger partial charge in [0.25, 0.3) is 0 Å². The van der Waals surface area contributed by atoms with Crippen LogP contribution in [-0.2, 0) is 19.4 Å².